The summed E-state index contributed by atoms with van der Waals surface area (Å²) in [4.78, 5) is 0. The molecule has 0 radical (unpaired) electrons. The maximum Gasteiger partial charge on any atom is 0.0428 e. The number of hydrogen-bond donors (Lipinski definition) is 0. The van der Waals surface area contributed by atoms with Gasteiger partial charge < -0.3 is 0 Å². The molecule has 0 heterocycles. The van der Waals surface area contributed by atoms with E-state index in [9.17, 15) is 0 Å². The third-order valence-corrected chi connectivity index (χ3v) is 4.36. The van der Waals surface area contributed by atoms with Crippen LogP contribution in [0, 0.1) is 11.8 Å². The third-order valence-electron chi connectivity index (χ3n) is 2.05. The zero-order valence-electron chi connectivity index (χ0n) is 10.3. The van der Waals surface area contributed by atoms with Crippen LogP contribution in [-0.4, -0.2) is 22.3 Å². The van der Waals surface area contributed by atoms with Gasteiger partial charge in [-0.2, -0.15) is 11.8 Å². The van der Waals surface area contributed by atoms with Crippen molar-refractivity contribution in [3.8, 4) is 0 Å². The lowest BCUT2D eigenvalue weighted by Crippen LogP contribution is -2.11. The molecule has 0 spiro atoms. The van der Waals surface area contributed by atoms with Crippen molar-refractivity contribution in [1.29, 1.82) is 0 Å². The van der Waals surface area contributed by atoms with Crippen LogP contribution >= 0.6 is 35.0 Å². The molecule has 0 N–H and O–H groups in total. The molecule has 0 aromatic carbocycles. The van der Waals surface area contributed by atoms with Crippen molar-refractivity contribution in [3.05, 3.63) is 0 Å². The molecule has 0 aliphatic carbocycles. The Labute approximate surface area is 109 Å². The van der Waals surface area contributed by atoms with Gasteiger partial charge in [0.25, 0.3) is 0 Å². The Morgan fingerprint density at radius 2 is 1.13 bits per heavy atom. The molecule has 0 aromatic heterocycles. The highest BCUT2D eigenvalue weighted by Gasteiger charge is 2.10. The summed E-state index contributed by atoms with van der Waals surface area (Å²) in [7, 11) is 0. The SMILES string of the molecule is CC(C)CC(Cl)CSCC(Cl)CC(C)C. The maximum absolute atomic E-state index is 6.20. The summed E-state index contributed by atoms with van der Waals surface area (Å²) in [5.41, 5.74) is 0. The van der Waals surface area contributed by atoms with Gasteiger partial charge >= 0.3 is 0 Å². The predicted molar refractivity (Wildman–Crippen MR) is 75.5 cm³/mol. The summed E-state index contributed by atoms with van der Waals surface area (Å²) in [5, 5.41) is 0.607. The van der Waals surface area contributed by atoms with Crippen LogP contribution in [0.2, 0.25) is 0 Å². The minimum atomic E-state index is 0.304. The van der Waals surface area contributed by atoms with E-state index in [2.05, 4.69) is 27.7 Å². The van der Waals surface area contributed by atoms with Gasteiger partial charge in [-0.25, -0.2) is 0 Å². The monoisotopic (exact) mass is 270 g/mol. The van der Waals surface area contributed by atoms with Gasteiger partial charge in [0.05, 0.1) is 0 Å². The minimum Gasteiger partial charge on any atom is -0.159 e. The van der Waals surface area contributed by atoms with E-state index in [4.69, 9.17) is 23.2 Å². The molecule has 15 heavy (non-hydrogen) atoms. The summed E-state index contributed by atoms with van der Waals surface area (Å²) < 4.78 is 0. The Hall–Kier alpha value is 0.930. The zero-order valence-corrected chi connectivity index (χ0v) is 12.6. The zero-order chi connectivity index (χ0) is 11.8. The molecule has 92 valence electrons. The summed E-state index contributed by atoms with van der Waals surface area (Å²) in [5.74, 6) is 3.44. The molecule has 0 aliphatic heterocycles. The molecule has 0 saturated carbocycles. The second-order valence-corrected chi connectivity index (χ2v) is 7.30. The first-order valence-corrected chi connectivity index (χ1v) is 7.80. The molecular formula is C12H24Cl2S. The highest BCUT2D eigenvalue weighted by molar-refractivity contribution is 7.99. The first kappa shape index (κ1) is 15.9. The molecule has 2 atom stereocenters. The molecule has 0 saturated heterocycles. The minimum absolute atomic E-state index is 0.304. The standard InChI is InChI=1S/C12H24Cl2S/c1-9(2)5-11(13)7-15-8-12(14)6-10(3)4/h9-12H,5-8H2,1-4H3. The van der Waals surface area contributed by atoms with Crippen molar-refractivity contribution in [2.45, 2.75) is 51.3 Å². The van der Waals surface area contributed by atoms with Crippen LogP contribution in [0.3, 0.4) is 0 Å². The third kappa shape index (κ3) is 11.2. The van der Waals surface area contributed by atoms with Crippen molar-refractivity contribution < 1.29 is 0 Å². The fourth-order valence-electron chi connectivity index (χ4n) is 1.48. The van der Waals surface area contributed by atoms with Crippen LogP contribution in [0.25, 0.3) is 0 Å². The highest BCUT2D eigenvalue weighted by atomic mass is 35.5. The summed E-state index contributed by atoms with van der Waals surface area (Å²) in [6.07, 6.45) is 2.21. The summed E-state index contributed by atoms with van der Waals surface area (Å²) in [6.45, 7) is 8.85. The van der Waals surface area contributed by atoms with Crippen LogP contribution in [-0.2, 0) is 0 Å². The van der Waals surface area contributed by atoms with E-state index in [1.165, 1.54) is 0 Å². The van der Waals surface area contributed by atoms with Crippen molar-refractivity contribution in [1.82, 2.24) is 0 Å². The van der Waals surface area contributed by atoms with Gasteiger partial charge in [0, 0.05) is 22.3 Å². The van der Waals surface area contributed by atoms with Crippen LogP contribution in [0.4, 0.5) is 0 Å². The summed E-state index contributed by atoms with van der Waals surface area (Å²) >= 11 is 14.3. The molecule has 0 aromatic rings. The van der Waals surface area contributed by atoms with Gasteiger partial charge in [0.2, 0.25) is 0 Å². The first-order chi connectivity index (χ1) is 6.91. The second-order valence-electron chi connectivity index (χ2n) is 4.99. The lowest BCUT2D eigenvalue weighted by molar-refractivity contribution is 0.580. The number of hydrogen-bond acceptors (Lipinski definition) is 1. The van der Waals surface area contributed by atoms with E-state index < -0.39 is 0 Å². The Bertz CT molecular complexity index is 133. The molecule has 0 aliphatic rings. The smallest absolute Gasteiger partial charge is 0.0428 e. The topological polar surface area (TPSA) is 0 Å². The second kappa shape index (κ2) is 9.01. The number of thioether (sulfide) groups is 1. The van der Waals surface area contributed by atoms with Gasteiger partial charge in [-0.3, -0.25) is 0 Å². The number of halogens is 2. The largest absolute Gasteiger partial charge is 0.159 e. The van der Waals surface area contributed by atoms with Crippen molar-refractivity contribution >= 4 is 35.0 Å². The van der Waals surface area contributed by atoms with E-state index >= 15 is 0 Å². The summed E-state index contributed by atoms with van der Waals surface area (Å²) in [6, 6.07) is 0. The number of rotatable bonds is 8. The molecule has 0 rings (SSSR count). The van der Waals surface area contributed by atoms with E-state index in [1.54, 1.807) is 0 Å². The highest BCUT2D eigenvalue weighted by Crippen LogP contribution is 2.20. The van der Waals surface area contributed by atoms with Crippen molar-refractivity contribution in [3.63, 3.8) is 0 Å². The van der Waals surface area contributed by atoms with E-state index in [0.717, 1.165) is 24.3 Å². The Kier molecular flexibility index (Phi) is 9.57. The molecule has 0 bridgehead atoms. The predicted octanol–water partition coefficient (Wildman–Crippen LogP) is 5.03. The van der Waals surface area contributed by atoms with E-state index in [1.807, 2.05) is 11.8 Å². The van der Waals surface area contributed by atoms with Crippen LogP contribution in [0.1, 0.15) is 40.5 Å². The van der Waals surface area contributed by atoms with Crippen LogP contribution in [0.5, 0.6) is 0 Å². The van der Waals surface area contributed by atoms with Gasteiger partial charge in [0.15, 0.2) is 0 Å². The first-order valence-electron chi connectivity index (χ1n) is 5.77. The van der Waals surface area contributed by atoms with Crippen LogP contribution < -0.4 is 0 Å². The molecule has 0 amide bonds. The Morgan fingerprint density at radius 1 is 0.800 bits per heavy atom. The maximum atomic E-state index is 6.20. The van der Waals surface area contributed by atoms with Crippen molar-refractivity contribution in [2.24, 2.45) is 11.8 Å². The lowest BCUT2D eigenvalue weighted by atomic mass is 10.1. The fourth-order valence-corrected chi connectivity index (χ4v) is 3.65. The molecule has 3 heteroatoms. The average molecular weight is 271 g/mol. The van der Waals surface area contributed by atoms with Crippen LogP contribution in [0.15, 0.2) is 0 Å². The van der Waals surface area contributed by atoms with Gasteiger partial charge in [-0.15, -0.1) is 23.2 Å². The Morgan fingerprint density at radius 3 is 1.40 bits per heavy atom. The fraction of sp³-hybridized carbons (Fsp3) is 1.00. The normalized spacial score (nSPS) is 16.0. The quantitative estimate of drug-likeness (QED) is 0.558. The average Bonchev–Trinajstić information content (AvgIpc) is 2.00. The van der Waals surface area contributed by atoms with E-state index in [0.29, 0.717) is 22.6 Å². The molecular weight excluding hydrogens is 247 g/mol. The Balaban J connectivity index is 3.44. The molecule has 0 nitrogen and oxygen atoms in total. The lowest BCUT2D eigenvalue weighted by Gasteiger charge is -2.14. The number of alkyl halides is 2. The molecule has 0 fully saturated rings. The van der Waals surface area contributed by atoms with Gasteiger partial charge in [-0.1, -0.05) is 27.7 Å². The van der Waals surface area contributed by atoms with E-state index in [-0.39, 0.29) is 0 Å². The van der Waals surface area contributed by atoms with Gasteiger partial charge in [-0.05, 0) is 24.7 Å². The van der Waals surface area contributed by atoms with Crippen molar-refractivity contribution in [2.75, 3.05) is 11.5 Å². The van der Waals surface area contributed by atoms with Gasteiger partial charge in [0.1, 0.15) is 0 Å². The molecule has 2 unspecified atom stereocenters.